The van der Waals surface area contributed by atoms with E-state index < -0.39 is 0 Å². The molecule has 0 saturated heterocycles. The molecule has 106 valence electrons. The number of nitrogens with zero attached hydrogens (tertiary/aromatic N) is 1. The summed E-state index contributed by atoms with van der Waals surface area (Å²) in [7, 11) is 0. The maximum absolute atomic E-state index is 5.74. The molecule has 0 aliphatic rings. The van der Waals surface area contributed by atoms with E-state index in [1.807, 2.05) is 0 Å². The van der Waals surface area contributed by atoms with E-state index in [1.165, 1.54) is 27.9 Å². The van der Waals surface area contributed by atoms with Crippen molar-refractivity contribution in [2.45, 2.75) is 33.9 Å². The van der Waals surface area contributed by atoms with Crippen LogP contribution in [-0.2, 0) is 13.1 Å². The second-order valence-corrected chi connectivity index (χ2v) is 5.26. The lowest BCUT2D eigenvalue weighted by Crippen LogP contribution is -2.22. The summed E-state index contributed by atoms with van der Waals surface area (Å²) in [6.45, 7) is 9.06. The Kier molecular flexibility index (Phi) is 4.80. The molecule has 2 aromatic carbocycles. The van der Waals surface area contributed by atoms with Gasteiger partial charge in [0.1, 0.15) is 0 Å². The molecule has 0 unspecified atom stereocenters. The molecule has 2 aromatic rings. The van der Waals surface area contributed by atoms with E-state index in [4.69, 9.17) is 5.73 Å². The minimum absolute atomic E-state index is 0.607. The van der Waals surface area contributed by atoms with Gasteiger partial charge in [-0.2, -0.15) is 0 Å². The SMILES string of the molecule is CCN(Cc1ccccc1C)c1ccc(CN)c(C)c1. The molecule has 0 saturated carbocycles. The number of hydrogen-bond acceptors (Lipinski definition) is 2. The minimum atomic E-state index is 0.607. The number of anilines is 1. The van der Waals surface area contributed by atoms with Crippen LogP contribution in [0.2, 0.25) is 0 Å². The molecular formula is C18H24N2. The molecule has 0 spiro atoms. The van der Waals surface area contributed by atoms with Crippen LogP contribution in [0.25, 0.3) is 0 Å². The standard InChI is InChI=1S/C18H24N2/c1-4-20(13-17-8-6-5-7-14(17)2)18-10-9-16(12-19)15(3)11-18/h5-11H,4,12-13,19H2,1-3H3. The van der Waals surface area contributed by atoms with Gasteiger partial charge in [0, 0.05) is 25.3 Å². The molecule has 20 heavy (non-hydrogen) atoms. The maximum Gasteiger partial charge on any atom is 0.0431 e. The fraction of sp³-hybridized carbons (Fsp3) is 0.333. The lowest BCUT2D eigenvalue weighted by Gasteiger charge is -2.25. The van der Waals surface area contributed by atoms with Crippen LogP contribution in [-0.4, -0.2) is 6.54 Å². The van der Waals surface area contributed by atoms with Crippen molar-refractivity contribution in [3.8, 4) is 0 Å². The van der Waals surface area contributed by atoms with Gasteiger partial charge in [-0.25, -0.2) is 0 Å². The van der Waals surface area contributed by atoms with Crippen molar-refractivity contribution in [3.63, 3.8) is 0 Å². The van der Waals surface area contributed by atoms with Crippen LogP contribution >= 0.6 is 0 Å². The van der Waals surface area contributed by atoms with Crippen molar-refractivity contribution in [1.29, 1.82) is 0 Å². The largest absolute Gasteiger partial charge is 0.367 e. The number of nitrogens with two attached hydrogens (primary N) is 1. The van der Waals surface area contributed by atoms with E-state index in [2.05, 4.69) is 68.1 Å². The molecule has 0 aliphatic heterocycles. The first-order chi connectivity index (χ1) is 9.65. The molecule has 0 radical (unpaired) electrons. The quantitative estimate of drug-likeness (QED) is 0.894. The van der Waals surface area contributed by atoms with Crippen LogP contribution in [0.4, 0.5) is 5.69 Å². The van der Waals surface area contributed by atoms with Crippen molar-refractivity contribution >= 4 is 5.69 Å². The van der Waals surface area contributed by atoms with Crippen LogP contribution in [0.15, 0.2) is 42.5 Å². The van der Waals surface area contributed by atoms with E-state index in [1.54, 1.807) is 0 Å². The summed E-state index contributed by atoms with van der Waals surface area (Å²) in [6, 6.07) is 15.1. The highest BCUT2D eigenvalue weighted by Crippen LogP contribution is 2.22. The number of aryl methyl sites for hydroxylation is 2. The molecule has 2 N–H and O–H groups in total. The summed E-state index contributed by atoms with van der Waals surface area (Å²) in [5.74, 6) is 0. The number of benzene rings is 2. The number of rotatable bonds is 5. The van der Waals surface area contributed by atoms with E-state index in [0.29, 0.717) is 6.54 Å². The first kappa shape index (κ1) is 14.6. The van der Waals surface area contributed by atoms with Gasteiger partial charge in [0.2, 0.25) is 0 Å². The average Bonchev–Trinajstić information content (AvgIpc) is 2.46. The fourth-order valence-electron chi connectivity index (χ4n) is 2.48. The van der Waals surface area contributed by atoms with Crippen molar-refractivity contribution in [2.24, 2.45) is 5.73 Å². The minimum Gasteiger partial charge on any atom is -0.367 e. The van der Waals surface area contributed by atoms with Gasteiger partial charge < -0.3 is 10.6 Å². The topological polar surface area (TPSA) is 29.3 Å². The second-order valence-electron chi connectivity index (χ2n) is 5.26. The Balaban J connectivity index is 2.24. The van der Waals surface area contributed by atoms with Crippen molar-refractivity contribution in [2.75, 3.05) is 11.4 Å². The maximum atomic E-state index is 5.74. The Labute approximate surface area is 122 Å². The van der Waals surface area contributed by atoms with Gasteiger partial charge in [-0.3, -0.25) is 0 Å². The molecule has 0 aromatic heterocycles. The normalized spacial score (nSPS) is 10.6. The Morgan fingerprint density at radius 3 is 2.30 bits per heavy atom. The van der Waals surface area contributed by atoms with Crippen LogP contribution in [0.5, 0.6) is 0 Å². The van der Waals surface area contributed by atoms with Gasteiger partial charge in [-0.05, 0) is 55.2 Å². The summed E-state index contributed by atoms with van der Waals surface area (Å²) in [6.07, 6.45) is 0. The van der Waals surface area contributed by atoms with Gasteiger partial charge in [0.05, 0.1) is 0 Å². The Morgan fingerprint density at radius 2 is 1.70 bits per heavy atom. The van der Waals surface area contributed by atoms with Crippen LogP contribution < -0.4 is 10.6 Å². The smallest absolute Gasteiger partial charge is 0.0431 e. The molecule has 2 nitrogen and oxygen atoms in total. The summed E-state index contributed by atoms with van der Waals surface area (Å²) in [5.41, 5.74) is 12.2. The third-order valence-corrected chi connectivity index (χ3v) is 3.92. The van der Waals surface area contributed by atoms with Crippen molar-refractivity contribution in [3.05, 3.63) is 64.7 Å². The monoisotopic (exact) mass is 268 g/mol. The molecular weight excluding hydrogens is 244 g/mol. The van der Waals surface area contributed by atoms with Gasteiger partial charge >= 0.3 is 0 Å². The Bertz CT molecular complexity index is 575. The predicted octanol–water partition coefficient (Wildman–Crippen LogP) is 3.79. The Hall–Kier alpha value is -1.80. The van der Waals surface area contributed by atoms with Crippen LogP contribution in [0, 0.1) is 13.8 Å². The average molecular weight is 268 g/mol. The zero-order valence-corrected chi connectivity index (χ0v) is 12.7. The molecule has 2 heteroatoms. The molecule has 2 rings (SSSR count). The summed E-state index contributed by atoms with van der Waals surface area (Å²) in [4.78, 5) is 2.40. The second kappa shape index (κ2) is 6.58. The fourth-order valence-corrected chi connectivity index (χ4v) is 2.48. The lowest BCUT2D eigenvalue weighted by molar-refractivity contribution is 0.825. The van der Waals surface area contributed by atoms with Crippen molar-refractivity contribution in [1.82, 2.24) is 0 Å². The molecule has 0 fully saturated rings. The van der Waals surface area contributed by atoms with Gasteiger partial charge in [0.15, 0.2) is 0 Å². The highest BCUT2D eigenvalue weighted by molar-refractivity contribution is 5.51. The summed E-state index contributed by atoms with van der Waals surface area (Å²) >= 11 is 0. The van der Waals surface area contributed by atoms with E-state index >= 15 is 0 Å². The third kappa shape index (κ3) is 3.20. The van der Waals surface area contributed by atoms with Gasteiger partial charge in [0.25, 0.3) is 0 Å². The van der Waals surface area contributed by atoms with Crippen molar-refractivity contribution < 1.29 is 0 Å². The molecule has 0 atom stereocenters. The zero-order valence-electron chi connectivity index (χ0n) is 12.7. The zero-order chi connectivity index (χ0) is 14.5. The summed E-state index contributed by atoms with van der Waals surface area (Å²) < 4.78 is 0. The predicted molar refractivity (Wildman–Crippen MR) is 87.0 cm³/mol. The van der Waals surface area contributed by atoms with Gasteiger partial charge in [-0.15, -0.1) is 0 Å². The molecule has 0 heterocycles. The first-order valence-corrected chi connectivity index (χ1v) is 7.24. The highest BCUT2D eigenvalue weighted by atomic mass is 15.1. The lowest BCUT2D eigenvalue weighted by atomic mass is 10.1. The molecule has 0 amide bonds. The highest BCUT2D eigenvalue weighted by Gasteiger charge is 2.08. The van der Waals surface area contributed by atoms with E-state index in [-0.39, 0.29) is 0 Å². The van der Waals surface area contributed by atoms with E-state index in [0.717, 1.165) is 13.1 Å². The molecule has 0 bridgehead atoms. The first-order valence-electron chi connectivity index (χ1n) is 7.24. The summed E-state index contributed by atoms with van der Waals surface area (Å²) in [5, 5.41) is 0. The molecule has 0 aliphatic carbocycles. The van der Waals surface area contributed by atoms with Crippen LogP contribution in [0.1, 0.15) is 29.2 Å². The van der Waals surface area contributed by atoms with Gasteiger partial charge in [-0.1, -0.05) is 30.3 Å². The van der Waals surface area contributed by atoms with Crippen LogP contribution in [0.3, 0.4) is 0 Å². The number of hydrogen-bond donors (Lipinski definition) is 1. The van der Waals surface area contributed by atoms with E-state index in [9.17, 15) is 0 Å². The Morgan fingerprint density at radius 1 is 0.950 bits per heavy atom. The third-order valence-electron chi connectivity index (χ3n) is 3.92.